The first-order valence-corrected chi connectivity index (χ1v) is 17.4. The van der Waals surface area contributed by atoms with E-state index < -0.39 is 17.6 Å². The first-order valence-electron chi connectivity index (χ1n) is 17.4. The Bertz CT molecular complexity index is 2440. The molecular weight excluding hydrogens is 648 g/mol. The highest BCUT2D eigenvalue weighted by Crippen LogP contribution is 2.50. The van der Waals surface area contributed by atoms with Gasteiger partial charge in [0.15, 0.2) is 5.82 Å². The van der Waals surface area contributed by atoms with Crippen LogP contribution in [-0.4, -0.2) is 62.7 Å². The molecule has 3 saturated heterocycles. The van der Waals surface area contributed by atoms with Crippen molar-refractivity contribution in [3.05, 3.63) is 89.5 Å². The number of ether oxygens (including phenoxy) is 1. The second-order valence-electron chi connectivity index (χ2n) is 14.1. The summed E-state index contributed by atoms with van der Waals surface area (Å²) in [6.45, 7) is 7.44. The van der Waals surface area contributed by atoms with E-state index in [-0.39, 0.29) is 41.7 Å². The van der Waals surface area contributed by atoms with Crippen LogP contribution in [0.15, 0.2) is 60.9 Å². The Hall–Kier alpha value is -5.31. The maximum Gasteiger partial charge on any atom is 0.249 e. The van der Waals surface area contributed by atoms with E-state index in [9.17, 15) is 14.4 Å². The number of morpholine rings is 1. The third-order valence-electron chi connectivity index (χ3n) is 11.2. The monoisotopic (exact) mass is 683 g/mol. The lowest BCUT2D eigenvalue weighted by Crippen LogP contribution is -2.45. The van der Waals surface area contributed by atoms with Crippen LogP contribution >= 0.6 is 0 Å². The van der Waals surface area contributed by atoms with Crippen LogP contribution < -0.4 is 5.32 Å². The largest absolute Gasteiger partial charge is 0.370 e. The number of aryl methyl sites for hydroxylation is 1. The molecule has 6 aromatic rings. The predicted octanol–water partition coefficient (Wildman–Crippen LogP) is 7.13. The number of hydrogen-bond donors (Lipinski definition) is 1. The Labute approximate surface area is 292 Å². The molecule has 9 nitrogen and oxygen atoms in total. The number of benzene rings is 3. The molecular formula is C40H35F2N7O2. The topological polar surface area (TPSA) is 109 Å². The van der Waals surface area contributed by atoms with E-state index in [2.05, 4.69) is 27.0 Å². The summed E-state index contributed by atoms with van der Waals surface area (Å²) in [5.74, 6) is -1.46. The maximum absolute atomic E-state index is 17.7. The van der Waals surface area contributed by atoms with Gasteiger partial charge in [0.25, 0.3) is 0 Å². The van der Waals surface area contributed by atoms with Crippen LogP contribution in [0.5, 0.6) is 0 Å². The van der Waals surface area contributed by atoms with Crippen LogP contribution in [0.25, 0.3) is 55.1 Å². The fraction of sp³-hybridized carbons (Fsp3) is 0.325. The maximum atomic E-state index is 17.7. The zero-order valence-corrected chi connectivity index (χ0v) is 28.5. The molecule has 10 rings (SSSR count). The minimum absolute atomic E-state index is 0.0248. The highest BCUT2D eigenvalue weighted by Gasteiger charge is 2.49. The number of nitrogens with zero attached hydrogens (tertiary/aromatic N) is 6. The quantitative estimate of drug-likeness (QED) is 0.199. The second kappa shape index (κ2) is 11.9. The first kappa shape index (κ1) is 31.7. The number of halogens is 2. The molecule has 0 radical (unpaired) electrons. The molecule has 4 fully saturated rings. The van der Waals surface area contributed by atoms with E-state index >= 15 is 4.39 Å². The molecule has 1 saturated carbocycles. The van der Waals surface area contributed by atoms with Gasteiger partial charge in [-0.1, -0.05) is 24.3 Å². The molecule has 1 aliphatic carbocycles. The highest BCUT2D eigenvalue weighted by atomic mass is 19.1. The number of carbonyl (C=O) groups excluding carboxylic acids is 1. The van der Waals surface area contributed by atoms with Crippen molar-refractivity contribution in [2.24, 2.45) is 5.92 Å². The summed E-state index contributed by atoms with van der Waals surface area (Å²) >= 11 is 0. The summed E-state index contributed by atoms with van der Waals surface area (Å²) in [6.07, 6.45) is 4.35. The summed E-state index contributed by atoms with van der Waals surface area (Å²) < 4.78 is 40.2. The van der Waals surface area contributed by atoms with Crippen LogP contribution in [0.1, 0.15) is 55.2 Å². The Morgan fingerprint density at radius 1 is 1.06 bits per heavy atom. The van der Waals surface area contributed by atoms with Gasteiger partial charge < -0.3 is 19.5 Å². The summed E-state index contributed by atoms with van der Waals surface area (Å²) in [4.78, 5) is 29.3. The van der Waals surface area contributed by atoms with E-state index in [4.69, 9.17) is 14.7 Å². The Morgan fingerprint density at radius 2 is 1.92 bits per heavy atom. The van der Waals surface area contributed by atoms with Crippen LogP contribution in [0.4, 0.5) is 8.78 Å². The number of aromatic nitrogens is 4. The van der Waals surface area contributed by atoms with Crippen molar-refractivity contribution >= 4 is 38.5 Å². The molecule has 11 heteroatoms. The molecule has 0 spiro atoms. The highest BCUT2D eigenvalue weighted by molar-refractivity contribution is 6.12. The number of nitriles is 1. The van der Waals surface area contributed by atoms with Gasteiger partial charge in [-0.05, 0) is 79.3 Å². The smallest absolute Gasteiger partial charge is 0.249 e. The molecule has 2 bridgehead atoms. The number of carbonyl (C=O) groups is 1. The van der Waals surface area contributed by atoms with Crippen LogP contribution in [-0.2, 0) is 9.53 Å². The molecule has 3 aliphatic heterocycles. The van der Waals surface area contributed by atoms with Crippen molar-refractivity contribution in [2.45, 2.75) is 51.2 Å². The average molecular weight is 684 g/mol. The van der Waals surface area contributed by atoms with Gasteiger partial charge in [0.05, 0.1) is 48.1 Å². The lowest BCUT2D eigenvalue weighted by Gasteiger charge is -2.40. The van der Waals surface area contributed by atoms with Gasteiger partial charge >= 0.3 is 0 Å². The fourth-order valence-electron chi connectivity index (χ4n) is 8.56. The van der Waals surface area contributed by atoms with E-state index in [1.807, 2.05) is 36.9 Å². The van der Waals surface area contributed by atoms with Crippen molar-refractivity contribution in [1.29, 1.82) is 5.26 Å². The number of nitrogens with one attached hydrogen (secondary N) is 1. The Kier molecular flexibility index (Phi) is 7.38. The van der Waals surface area contributed by atoms with Crippen LogP contribution in [0.2, 0.25) is 0 Å². The van der Waals surface area contributed by atoms with Gasteiger partial charge in [-0.15, -0.1) is 0 Å². The number of amides is 1. The van der Waals surface area contributed by atoms with E-state index in [0.29, 0.717) is 52.4 Å². The number of fused-ring (bicyclic) bond motifs is 5. The third-order valence-corrected chi connectivity index (χ3v) is 11.2. The van der Waals surface area contributed by atoms with Crippen LogP contribution in [0, 0.1) is 35.8 Å². The molecule has 6 heterocycles. The Morgan fingerprint density at radius 3 is 2.65 bits per heavy atom. The van der Waals surface area contributed by atoms with Crippen molar-refractivity contribution < 1.29 is 18.3 Å². The molecule has 3 aromatic carbocycles. The van der Waals surface area contributed by atoms with Crippen LogP contribution in [0.3, 0.4) is 0 Å². The fourth-order valence-corrected chi connectivity index (χ4v) is 8.56. The second-order valence-corrected chi connectivity index (χ2v) is 14.1. The first-order chi connectivity index (χ1) is 24.7. The van der Waals surface area contributed by atoms with Gasteiger partial charge in [0.2, 0.25) is 5.91 Å². The summed E-state index contributed by atoms with van der Waals surface area (Å²) in [5, 5.41) is 16.6. The molecule has 1 unspecified atom stereocenters. The summed E-state index contributed by atoms with van der Waals surface area (Å²) in [5.41, 5.74) is 4.72. The number of pyridine rings is 1. The zero-order valence-electron chi connectivity index (χ0n) is 28.5. The summed E-state index contributed by atoms with van der Waals surface area (Å²) in [7, 11) is 0. The molecule has 51 heavy (non-hydrogen) atoms. The van der Waals surface area contributed by atoms with Crippen molar-refractivity contribution in [3.63, 3.8) is 0 Å². The van der Waals surface area contributed by atoms with Gasteiger partial charge in [0.1, 0.15) is 29.3 Å². The average Bonchev–Trinajstić information content (AvgIpc) is 3.88. The number of hydrogen-bond acceptors (Lipinski definition) is 7. The normalized spacial score (nSPS) is 21.3. The van der Waals surface area contributed by atoms with Gasteiger partial charge in [-0.2, -0.15) is 5.26 Å². The third kappa shape index (κ3) is 4.84. The van der Waals surface area contributed by atoms with Gasteiger partial charge in [-0.25, -0.2) is 13.8 Å². The molecule has 3 aromatic heterocycles. The molecule has 1 N–H and O–H groups in total. The van der Waals surface area contributed by atoms with Crippen molar-refractivity contribution in [2.75, 3.05) is 26.3 Å². The lowest BCUT2D eigenvalue weighted by molar-refractivity contribution is -0.145. The van der Waals surface area contributed by atoms with E-state index in [0.717, 1.165) is 40.6 Å². The zero-order chi connectivity index (χ0) is 35.1. The predicted molar refractivity (Wildman–Crippen MR) is 190 cm³/mol. The van der Waals surface area contributed by atoms with E-state index in [1.54, 1.807) is 31.5 Å². The number of rotatable bonds is 6. The molecule has 5 atom stereocenters. The Balaban J connectivity index is 1.42. The standard InChI is InChI=1S/C40H35F2N7O2/c1-20(15-43)27-13-29-38(36(42)35(27)26-6-4-5-23-7-8-25(41)12-28(23)26)47-37(32-18-44-21(2)16-45-32)30-14-33(22(3)48-9-10-51-19-34(48)50)49(40(29)30)39-24-11-31(39)46-17-24/h4-8,12-14,16,18,20,22,24,31,39,46H,9-11,17,19H2,1-3H3/t20?,22-,24-,31-,39+/m1/s1. The lowest BCUT2D eigenvalue weighted by atomic mass is 9.79. The van der Waals surface area contributed by atoms with Crippen molar-refractivity contribution in [3.8, 4) is 28.6 Å². The minimum atomic E-state index is -0.699. The molecule has 4 aliphatic rings. The van der Waals surface area contributed by atoms with Gasteiger partial charge in [0, 0.05) is 47.4 Å². The molecule has 256 valence electrons. The van der Waals surface area contributed by atoms with Crippen molar-refractivity contribution in [1.82, 2.24) is 29.7 Å². The SMILES string of the molecule is Cc1cnc(-c2nc3c(F)c(-c4cccc5ccc(F)cc45)c(C(C)C#N)cc3c3c2cc([C@@H](C)N2CCOCC2=O)n3[C@H]2[C@H]3CN[C@@H]2C3)cn1. The van der Waals surface area contributed by atoms with Gasteiger partial charge in [-0.3, -0.25) is 14.8 Å². The van der Waals surface area contributed by atoms with E-state index in [1.165, 1.54) is 12.1 Å². The minimum Gasteiger partial charge on any atom is -0.370 e. The molecule has 1 amide bonds. The summed E-state index contributed by atoms with van der Waals surface area (Å²) in [6, 6.07) is 16.2.